The molecular weight excluding hydrogens is 352 g/mol. The molecule has 130 valence electrons. The summed E-state index contributed by atoms with van der Waals surface area (Å²) >= 11 is 7.82. The zero-order valence-corrected chi connectivity index (χ0v) is 15.6. The van der Waals surface area contributed by atoms with E-state index in [-0.39, 0.29) is 0 Å². The lowest BCUT2D eigenvalue weighted by Crippen LogP contribution is -2.43. The maximum Gasteiger partial charge on any atom is 0.186 e. The molecule has 0 saturated carbocycles. The third kappa shape index (κ3) is 4.11. The van der Waals surface area contributed by atoms with Crippen LogP contribution in [0.1, 0.15) is 18.4 Å². The van der Waals surface area contributed by atoms with Crippen LogP contribution in [0.3, 0.4) is 0 Å². The van der Waals surface area contributed by atoms with Crippen molar-refractivity contribution in [3.05, 3.63) is 53.3 Å². The Morgan fingerprint density at radius 1 is 1.24 bits per heavy atom. The molecule has 1 saturated heterocycles. The van der Waals surface area contributed by atoms with Gasteiger partial charge in [-0.2, -0.15) is 0 Å². The summed E-state index contributed by atoms with van der Waals surface area (Å²) in [5.41, 5.74) is 2.33. The summed E-state index contributed by atoms with van der Waals surface area (Å²) in [4.78, 5) is 11.3. The molecule has 0 amide bonds. The number of fused-ring (bicyclic) bond motifs is 1. The highest BCUT2D eigenvalue weighted by Gasteiger charge is 2.21. The highest BCUT2D eigenvalue weighted by Crippen LogP contribution is 2.32. The molecule has 2 aromatic heterocycles. The molecule has 3 heterocycles. The molecular formula is C19H21ClN4S. The zero-order chi connectivity index (χ0) is 17.1. The minimum atomic E-state index is 0.594. The number of rotatable bonds is 5. The first-order valence-electron chi connectivity index (χ1n) is 8.71. The number of anilines is 1. The maximum absolute atomic E-state index is 6.08. The predicted molar refractivity (Wildman–Crippen MR) is 106 cm³/mol. The molecule has 0 aliphatic carbocycles. The molecule has 1 aromatic carbocycles. The van der Waals surface area contributed by atoms with E-state index in [0.717, 1.165) is 54.6 Å². The summed E-state index contributed by atoms with van der Waals surface area (Å²) < 4.78 is 1.17. The number of halogens is 1. The van der Waals surface area contributed by atoms with E-state index in [9.17, 15) is 0 Å². The number of pyridine rings is 1. The fraction of sp³-hybridized carbons (Fsp3) is 0.368. The van der Waals surface area contributed by atoms with Gasteiger partial charge in [0.1, 0.15) is 0 Å². The molecule has 6 heteroatoms. The number of piperidine rings is 1. The number of nitrogens with one attached hydrogen (secondary N) is 1. The predicted octanol–water partition coefficient (Wildman–Crippen LogP) is 4.15. The van der Waals surface area contributed by atoms with Crippen molar-refractivity contribution in [3.63, 3.8) is 0 Å². The second-order valence-electron chi connectivity index (χ2n) is 6.44. The second-order valence-corrected chi connectivity index (χ2v) is 7.88. The summed E-state index contributed by atoms with van der Waals surface area (Å²) in [6.07, 6.45) is 7.12. The lowest BCUT2D eigenvalue weighted by molar-refractivity contribution is 0.417. The van der Waals surface area contributed by atoms with Gasteiger partial charge in [0, 0.05) is 36.5 Å². The Morgan fingerprint density at radius 2 is 2.12 bits per heavy atom. The molecule has 0 unspecified atom stereocenters. The van der Waals surface area contributed by atoms with E-state index < -0.39 is 0 Å². The van der Waals surface area contributed by atoms with E-state index in [1.165, 1.54) is 10.3 Å². The van der Waals surface area contributed by atoms with Crippen LogP contribution in [0, 0.1) is 0 Å². The van der Waals surface area contributed by atoms with Crippen molar-refractivity contribution in [1.82, 2.24) is 15.3 Å². The molecule has 1 N–H and O–H groups in total. The topological polar surface area (TPSA) is 41.1 Å². The third-order valence-corrected chi connectivity index (χ3v) is 5.99. The Labute approximate surface area is 156 Å². The Hall–Kier alpha value is -1.69. The summed E-state index contributed by atoms with van der Waals surface area (Å²) in [5.74, 6) is 0. The number of benzene rings is 1. The molecule has 4 rings (SSSR count). The van der Waals surface area contributed by atoms with Gasteiger partial charge < -0.3 is 10.2 Å². The van der Waals surface area contributed by atoms with Gasteiger partial charge >= 0.3 is 0 Å². The molecule has 1 aliphatic rings. The molecule has 25 heavy (non-hydrogen) atoms. The van der Waals surface area contributed by atoms with E-state index in [4.69, 9.17) is 16.6 Å². The maximum atomic E-state index is 6.08. The van der Waals surface area contributed by atoms with Crippen LogP contribution in [0.25, 0.3) is 10.2 Å². The Balaban J connectivity index is 1.28. The van der Waals surface area contributed by atoms with E-state index >= 15 is 0 Å². The number of hydrogen-bond donors (Lipinski definition) is 1. The number of thiazole rings is 1. The van der Waals surface area contributed by atoms with Crippen LogP contribution in [-0.4, -0.2) is 35.6 Å². The fourth-order valence-corrected chi connectivity index (χ4v) is 4.56. The van der Waals surface area contributed by atoms with Crippen molar-refractivity contribution in [2.75, 3.05) is 24.5 Å². The summed E-state index contributed by atoms with van der Waals surface area (Å²) in [6, 6.07) is 10.6. The van der Waals surface area contributed by atoms with Gasteiger partial charge in [0.05, 0.1) is 10.2 Å². The molecule has 1 fully saturated rings. The Kier molecular flexibility index (Phi) is 5.15. The van der Waals surface area contributed by atoms with Crippen molar-refractivity contribution in [2.24, 2.45) is 0 Å². The Bertz CT molecular complexity index is 828. The van der Waals surface area contributed by atoms with E-state index in [1.54, 1.807) is 11.3 Å². The summed E-state index contributed by atoms with van der Waals surface area (Å²) in [6.45, 7) is 3.12. The highest BCUT2D eigenvalue weighted by atomic mass is 35.5. The van der Waals surface area contributed by atoms with Gasteiger partial charge in [-0.05, 0) is 55.6 Å². The second kappa shape index (κ2) is 7.68. The first-order chi connectivity index (χ1) is 12.3. The molecule has 0 bridgehead atoms. The average molecular weight is 373 g/mol. The van der Waals surface area contributed by atoms with Crippen LogP contribution in [0.5, 0.6) is 0 Å². The van der Waals surface area contributed by atoms with Crippen LogP contribution in [0.4, 0.5) is 5.13 Å². The fourth-order valence-electron chi connectivity index (χ4n) is 3.26. The van der Waals surface area contributed by atoms with Gasteiger partial charge in [-0.15, -0.1) is 0 Å². The minimum Gasteiger partial charge on any atom is -0.348 e. The molecule has 1 aliphatic heterocycles. The average Bonchev–Trinajstić information content (AvgIpc) is 3.06. The van der Waals surface area contributed by atoms with Crippen molar-refractivity contribution < 1.29 is 0 Å². The quantitative estimate of drug-likeness (QED) is 0.730. The first kappa shape index (κ1) is 16.8. The smallest absolute Gasteiger partial charge is 0.186 e. The van der Waals surface area contributed by atoms with E-state index in [1.807, 2.05) is 36.7 Å². The molecule has 3 aromatic rings. The normalized spacial score (nSPS) is 15.8. The number of aromatic nitrogens is 2. The molecule has 0 radical (unpaired) electrons. The van der Waals surface area contributed by atoms with Crippen LogP contribution in [0.15, 0.2) is 42.7 Å². The van der Waals surface area contributed by atoms with Crippen LogP contribution >= 0.6 is 22.9 Å². The van der Waals surface area contributed by atoms with Gasteiger partial charge in [-0.1, -0.05) is 29.0 Å². The molecule has 0 spiro atoms. The lowest BCUT2D eigenvalue weighted by Gasteiger charge is -2.32. The third-order valence-electron chi connectivity index (χ3n) is 4.67. The van der Waals surface area contributed by atoms with Gasteiger partial charge in [-0.3, -0.25) is 4.98 Å². The van der Waals surface area contributed by atoms with Gasteiger partial charge in [0.2, 0.25) is 0 Å². The van der Waals surface area contributed by atoms with Crippen LogP contribution in [0.2, 0.25) is 5.02 Å². The standard InChI is InChI=1S/C19H21ClN4S/c20-15-3-4-17-18(12-15)25-19(23-17)24-10-6-16(7-11-24)22-9-5-14-2-1-8-21-13-14/h1-4,8,12-13,16,22H,5-7,9-11H2. The first-order valence-corrected chi connectivity index (χ1v) is 9.91. The van der Waals surface area contributed by atoms with E-state index in [0.29, 0.717) is 6.04 Å². The molecule has 0 atom stereocenters. The van der Waals surface area contributed by atoms with Crippen molar-refractivity contribution >= 4 is 38.3 Å². The monoisotopic (exact) mass is 372 g/mol. The highest BCUT2D eigenvalue weighted by molar-refractivity contribution is 7.22. The van der Waals surface area contributed by atoms with Crippen LogP contribution < -0.4 is 10.2 Å². The van der Waals surface area contributed by atoms with E-state index in [2.05, 4.69) is 21.3 Å². The molecule has 4 nitrogen and oxygen atoms in total. The zero-order valence-electron chi connectivity index (χ0n) is 14.0. The van der Waals surface area contributed by atoms with Crippen molar-refractivity contribution in [1.29, 1.82) is 0 Å². The van der Waals surface area contributed by atoms with Crippen LogP contribution in [-0.2, 0) is 6.42 Å². The lowest BCUT2D eigenvalue weighted by atomic mass is 10.1. The van der Waals surface area contributed by atoms with Gasteiger partial charge in [-0.25, -0.2) is 4.98 Å². The summed E-state index contributed by atoms with van der Waals surface area (Å²) in [5, 5.41) is 5.58. The van der Waals surface area contributed by atoms with Gasteiger partial charge in [0.25, 0.3) is 0 Å². The summed E-state index contributed by atoms with van der Waals surface area (Å²) in [7, 11) is 0. The Morgan fingerprint density at radius 3 is 2.92 bits per heavy atom. The number of hydrogen-bond acceptors (Lipinski definition) is 5. The van der Waals surface area contributed by atoms with Crippen molar-refractivity contribution in [3.8, 4) is 0 Å². The number of nitrogens with zero attached hydrogens (tertiary/aromatic N) is 3. The van der Waals surface area contributed by atoms with Gasteiger partial charge in [0.15, 0.2) is 5.13 Å². The largest absolute Gasteiger partial charge is 0.348 e. The SMILES string of the molecule is Clc1ccc2nc(N3CCC(NCCc4cccnc4)CC3)sc2c1. The minimum absolute atomic E-state index is 0.594. The van der Waals surface area contributed by atoms with Crippen molar-refractivity contribution in [2.45, 2.75) is 25.3 Å².